The summed E-state index contributed by atoms with van der Waals surface area (Å²) in [5, 5.41) is 0. The van der Waals surface area contributed by atoms with Crippen LogP contribution in [0.4, 0.5) is 0 Å². The number of aryl methyl sites for hydroxylation is 1. The highest BCUT2D eigenvalue weighted by molar-refractivity contribution is 7.16. The monoisotopic (exact) mass is 254 g/mol. The van der Waals surface area contributed by atoms with Gasteiger partial charge in [0.15, 0.2) is 0 Å². The molecule has 0 aliphatic carbocycles. The van der Waals surface area contributed by atoms with E-state index in [4.69, 9.17) is 0 Å². The largest absolute Gasteiger partial charge is 0.127 e. The van der Waals surface area contributed by atoms with E-state index in [0.29, 0.717) is 0 Å². The van der Waals surface area contributed by atoms with Crippen LogP contribution in [0.25, 0.3) is 10.4 Å². The molecule has 0 saturated heterocycles. The molecule has 0 aliphatic rings. The topological polar surface area (TPSA) is 0 Å². The second kappa shape index (κ2) is 5.00. The molecule has 2 aromatic rings. The van der Waals surface area contributed by atoms with Gasteiger partial charge in [0.25, 0.3) is 0 Å². The third-order valence-electron chi connectivity index (χ3n) is 2.50. The first kappa shape index (κ1) is 12.9. The zero-order valence-corrected chi connectivity index (χ0v) is 12.2. The molecular weight excluding hydrogens is 236 g/mol. The lowest BCUT2D eigenvalue weighted by molar-refractivity contribution is 0.571. The van der Waals surface area contributed by atoms with Gasteiger partial charge in [0.1, 0.15) is 0 Å². The van der Waals surface area contributed by atoms with Crippen LogP contribution in [0, 0.1) is 24.2 Å². The second-order valence-corrected chi connectivity index (χ2v) is 6.61. The molecule has 18 heavy (non-hydrogen) atoms. The molecule has 0 nitrogen and oxygen atoms in total. The van der Waals surface area contributed by atoms with Gasteiger partial charge < -0.3 is 0 Å². The van der Waals surface area contributed by atoms with Crippen LogP contribution < -0.4 is 0 Å². The van der Waals surface area contributed by atoms with Crippen LogP contribution in [0.15, 0.2) is 36.4 Å². The lowest BCUT2D eigenvalue weighted by Crippen LogP contribution is -1.98. The summed E-state index contributed by atoms with van der Waals surface area (Å²) in [6.07, 6.45) is 0. The smallest absolute Gasteiger partial charge is 0.0775 e. The summed E-state index contributed by atoms with van der Waals surface area (Å²) in [6.45, 7) is 8.51. The van der Waals surface area contributed by atoms with Crippen LogP contribution in [-0.2, 0) is 0 Å². The Morgan fingerprint density at radius 1 is 0.944 bits per heavy atom. The number of rotatable bonds is 1. The molecule has 0 atom stereocenters. The van der Waals surface area contributed by atoms with Gasteiger partial charge in [-0.05, 0) is 45.4 Å². The third kappa shape index (κ3) is 3.48. The van der Waals surface area contributed by atoms with E-state index >= 15 is 0 Å². The van der Waals surface area contributed by atoms with Crippen LogP contribution >= 0.6 is 11.3 Å². The maximum Gasteiger partial charge on any atom is 0.0775 e. The van der Waals surface area contributed by atoms with E-state index in [1.807, 2.05) is 0 Å². The highest BCUT2D eigenvalue weighted by Gasteiger charge is 2.05. The van der Waals surface area contributed by atoms with Crippen LogP contribution in [0.5, 0.6) is 0 Å². The Labute approximate surface area is 114 Å². The first-order valence-corrected chi connectivity index (χ1v) is 6.96. The quantitative estimate of drug-likeness (QED) is 0.619. The van der Waals surface area contributed by atoms with E-state index in [1.54, 1.807) is 11.3 Å². The number of benzene rings is 1. The van der Waals surface area contributed by atoms with Gasteiger partial charge in [-0.25, -0.2) is 0 Å². The lowest BCUT2D eigenvalue weighted by atomic mass is 9.98. The fraction of sp³-hybridized carbons (Fsp3) is 0.294. The van der Waals surface area contributed by atoms with E-state index in [0.717, 1.165) is 4.88 Å². The molecule has 1 heterocycles. The molecule has 1 aromatic carbocycles. The number of thiophene rings is 1. The predicted molar refractivity (Wildman–Crippen MR) is 80.8 cm³/mol. The Morgan fingerprint density at radius 2 is 1.61 bits per heavy atom. The van der Waals surface area contributed by atoms with Gasteiger partial charge in [-0.3, -0.25) is 0 Å². The average Bonchev–Trinajstić information content (AvgIpc) is 2.75. The zero-order chi connectivity index (χ0) is 13.2. The summed E-state index contributed by atoms with van der Waals surface area (Å²) < 4.78 is 0. The standard InChI is InChI=1S/C17H18S/c1-13-5-7-14(8-6-13)16-10-9-15(18-16)11-12-17(2,3)4/h5-10H,1-4H3. The Balaban J connectivity index is 2.25. The van der Waals surface area contributed by atoms with E-state index in [2.05, 4.69) is 75.9 Å². The molecule has 1 heteroatoms. The summed E-state index contributed by atoms with van der Waals surface area (Å²) in [5.74, 6) is 6.53. The average molecular weight is 254 g/mol. The number of hydrogen-bond donors (Lipinski definition) is 0. The Kier molecular flexibility index (Phi) is 3.59. The molecule has 1 aromatic heterocycles. The summed E-state index contributed by atoms with van der Waals surface area (Å²) in [4.78, 5) is 2.42. The molecule has 0 N–H and O–H groups in total. The summed E-state index contributed by atoms with van der Waals surface area (Å²) >= 11 is 1.76. The minimum absolute atomic E-state index is 0.0635. The molecule has 0 fully saturated rings. The van der Waals surface area contributed by atoms with Crippen LogP contribution in [-0.4, -0.2) is 0 Å². The zero-order valence-electron chi connectivity index (χ0n) is 11.4. The van der Waals surface area contributed by atoms with Gasteiger partial charge >= 0.3 is 0 Å². The van der Waals surface area contributed by atoms with Gasteiger partial charge in [-0.2, -0.15) is 0 Å². The SMILES string of the molecule is Cc1ccc(-c2ccc(C#CC(C)(C)C)s2)cc1. The molecule has 0 spiro atoms. The fourth-order valence-corrected chi connectivity index (χ4v) is 2.39. The van der Waals surface area contributed by atoms with E-state index in [-0.39, 0.29) is 5.41 Å². The van der Waals surface area contributed by atoms with Crippen LogP contribution in [0.1, 0.15) is 31.2 Å². The van der Waals surface area contributed by atoms with E-state index in [1.165, 1.54) is 16.0 Å². The fourth-order valence-electron chi connectivity index (χ4n) is 1.53. The van der Waals surface area contributed by atoms with Gasteiger partial charge in [0, 0.05) is 10.3 Å². The van der Waals surface area contributed by atoms with Crippen molar-refractivity contribution < 1.29 is 0 Å². The molecule has 2 rings (SSSR count). The Morgan fingerprint density at radius 3 is 2.22 bits per heavy atom. The highest BCUT2D eigenvalue weighted by Crippen LogP contribution is 2.28. The Hall–Kier alpha value is -1.52. The van der Waals surface area contributed by atoms with Crippen molar-refractivity contribution in [2.75, 3.05) is 0 Å². The first-order chi connectivity index (χ1) is 8.44. The minimum atomic E-state index is 0.0635. The van der Waals surface area contributed by atoms with Crippen molar-refractivity contribution in [1.29, 1.82) is 0 Å². The number of hydrogen-bond acceptors (Lipinski definition) is 1. The molecule has 92 valence electrons. The molecule has 0 amide bonds. The molecular formula is C17H18S. The lowest BCUT2D eigenvalue weighted by Gasteiger charge is -2.06. The second-order valence-electron chi connectivity index (χ2n) is 5.53. The van der Waals surface area contributed by atoms with Crippen molar-refractivity contribution in [2.45, 2.75) is 27.7 Å². The van der Waals surface area contributed by atoms with Crippen LogP contribution in [0.2, 0.25) is 0 Å². The van der Waals surface area contributed by atoms with Crippen molar-refractivity contribution in [1.82, 2.24) is 0 Å². The summed E-state index contributed by atoms with van der Waals surface area (Å²) in [7, 11) is 0. The third-order valence-corrected chi connectivity index (χ3v) is 3.55. The van der Waals surface area contributed by atoms with E-state index < -0.39 is 0 Å². The van der Waals surface area contributed by atoms with Crippen molar-refractivity contribution in [2.24, 2.45) is 5.41 Å². The van der Waals surface area contributed by atoms with Gasteiger partial charge in [-0.15, -0.1) is 11.3 Å². The van der Waals surface area contributed by atoms with Gasteiger partial charge in [0.05, 0.1) is 4.88 Å². The van der Waals surface area contributed by atoms with Crippen molar-refractivity contribution in [3.8, 4) is 22.3 Å². The molecule has 0 unspecified atom stereocenters. The van der Waals surface area contributed by atoms with Gasteiger partial charge in [-0.1, -0.05) is 41.7 Å². The summed E-state index contributed by atoms with van der Waals surface area (Å²) in [5.41, 5.74) is 2.63. The maximum absolute atomic E-state index is 3.27. The van der Waals surface area contributed by atoms with Crippen molar-refractivity contribution in [3.63, 3.8) is 0 Å². The highest BCUT2D eigenvalue weighted by atomic mass is 32.1. The molecule has 0 aliphatic heterocycles. The molecule has 0 radical (unpaired) electrons. The Bertz CT molecular complexity index is 583. The predicted octanol–water partition coefficient (Wildman–Crippen LogP) is 5.12. The maximum atomic E-state index is 3.27. The molecule has 0 saturated carbocycles. The van der Waals surface area contributed by atoms with Crippen molar-refractivity contribution in [3.05, 3.63) is 46.8 Å². The minimum Gasteiger partial charge on any atom is -0.127 e. The van der Waals surface area contributed by atoms with E-state index in [9.17, 15) is 0 Å². The van der Waals surface area contributed by atoms with Gasteiger partial charge in [0.2, 0.25) is 0 Å². The first-order valence-electron chi connectivity index (χ1n) is 6.14. The normalized spacial score (nSPS) is 10.9. The molecule has 0 bridgehead atoms. The summed E-state index contributed by atoms with van der Waals surface area (Å²) in [6, 6.07) is 12.9. The van der Waals surface area contributed by atoms with Crippen molar-refractivity contribution >= 4 is 11.3 Å². The van der Waals surface area contributed by atoms with Crippen LogP contribution in [0.3, 0.4) is 0 Å².